The predicted octanol–water partition coefficient (Wildman–Crippen LogP) is 2.18. The van der Waals surface area contributed by atoms with Gasteiger partial charge in [-0.1, -0.05) is 32.1 Å². The minimum Gasteiger partial charge on any atom is -0.378 e. The summed E-state index contributed by atoms with van der Waals surface area (Å²) in [4.78, 5) is 0. The molecule has 0 heterocycles. The average Bonchev–Trinajstić information content (AvgIpc) is 2.78. The van der Waals surface area contributed by atoms with Crippen LogP contribution in [0.1, 0.15) is 57.8 Å². The quantitative estimate of drug-likeness (QED) is 0.836. The lowest BCUT2D eigenvalue weighted by atomic mass is 9.76. The highest BCUT2D eigenvalue weighted by atomic mass is 32.2. The van der Waals surface area contributed by atoms with E-state index in [2.05, 4.69) is 0 Å². The molecule has 2 rings (SSSR count). The molecule has 0 aromatic carbocycles. The van der Waals surface area contributed by atoms with Gasteiger partial charge in [0, 0.05) is 5.41 Å². The highest BCUT2D eigenvalue weighted by molar-refractivity contribution is 7.89. The Morgan fingerprint density at radius 2 is 1.67 bits per heavy atom. The lowest BCUT2D eigenvalue weighted by Crippen LogP contribution is -2.40. The van der Waals surface area contributed by atoms with Gasteiger partial charge in [0.15, 0.2) is 0 Å². The maximum atomic E-state index is 11.4. The Labute approximate surface area is 110 Å². The summed E-state index contributed by atoms with van der Waals surface area (Å²) in [7, 11) is -3.41. The summed E-state index contributed by atoms with van der Waals surface area (Å²) < 4.78 is 28.8. The second-order valence-electron chi connectivity index (χ2n) is 6.09. The molecule has 5 heteroatoms. The molecule has 2 fully saturated rings. The molecule has 0 radical (unpaired) electrons. The van der Waals surface area contributed by atoms with Crippen molar-refractivity contribution in [1.29, 1.82) is 0 Å². The van der Waals surface area contributed by atoms with Crippen LogP contribution in [0.4, 0.5) is 0 Å². The third-order valence-corrected chi connectivity index (χ3v) is 5.36. The van der Waals surface area contributed by atoms with E-state index in [1.807, 2.05) is 0 Å². The van der Waals surface area contributed by atoms with E-state index < -0.39 is 10.0 Å². The molecule has 0 saturated heterocycles. The summed E-state index contributed by atoms with van der Waals surface area (Å²) in [6, 6.07) is 0. The summed E-state index contributed by atoms with van der Waals surface area (Å²) in [5.74, 6) is 0.0900. The summed E-state index contributed by atoms with van der Waals surface area (Å²) in [6.45, 7) is 0.577. The number of primary sulfonamides is 1. The van der Waals surface area contributed by atoms with Crippen molar-refractivity contribution in [3.8, 4) is 0 Å². The first kappa shape index (κ1) is 14.3. The second kappa shape index (κ2) is 5.88. The molecule has 0 aromatic rings. The van der Waals surface area contributed by atoms with Gasteiger partial charge in [0.05, 0.1) is 18.5 Å². The summed E-state index contributed by atoms with van der Waals surface area (Å²) in [5, 5.41) is 5.25. The Balaban J connectivity index is 1.94. The molecular weight excluding hydrogens is 250 g/mol. The fraction of sp³-hybridized carbons (Fsp3) is 1.00. The minimum atomic E-state index is -3.41. The van der Waals surface area contributed by atoms with Crippen molar-refractivity contribution in [3.05, 3.63) is 0 Å². The number of hydrogen-bond donors (Lipinski definition) is 1. The van der Waals surface area contributed by atoms with E-state index in [-0.39, 0.29) is 11.2 Å². The highest BCUT2D eigenvalue weighted by Gasteiger charge is 2.36. The molecule has 0 atom stereocenters. The molecule has 0 spiro atoms. The molecule has 0 aliphatic heterocycles. The van der Waals surface area contributed by atoms with Crippen LogP contribution in [0.3, 0.4) is 0 Å². The van der Waals surface area contributed by atoms with Gasteiger partial charge in [-0.2, -0.15) is 0 Å². The van der Waals surface area contributed by atoms with E-state index in [1.54, 1.807) is 0 Å². The van der Waals surface area contributed by atoms with E-state index in [4.69, 9.17) is 9.88 Å². The average molecular weight is 275 g/mol. The number of rotatable bonds is 5. The number of hydrogen-bond acceptors (Lipinski definition) is 3. The zero-order valence-corrected chi connectivity index (χ0v) is 11.9. The molecule has 2 saturated carbocycles. The van der Waals surface area contributed by atoms with Crippen molar-refractivity contribution in [3.63, 3.8) is 0 Å². The molecule has 0 aromatic heterocycles. The standard InChI is InChI=1S/C13H25NO3S/c14-18(15,16)11-13(8-4-1-5-9-13)10-17-12-6-2-3-7-12/h12H,1-11H2,(H2,14,15,16). The van der Waals surface area contributed by atoms with Crippen molar-refractivity contribution >= 4 is 10.0 Å². The topological polar surface area (TPSA) is 69.4 Å². The molecule has 106 valence electrons. The van der Waals surface area contributed by atoms with Crippen molar-refractivity contribution in [1.82, 2.24) is 0 Å². The van der Waals surface area contributed by atoms with Gasteiger partial charge in [-0.3, -0.25) is 0 Å². The summed E-state index contributed by atoms with van der Waals surface area (Å²) in [5.41, 5.74) is -0.214. The molecule has 2 aliphatic carbocycles. The fourth-order valence-electron chi connectivity index (χ4n) is 3.41. The maximum absolute atomic E-state index is 11.4. The lowest BCUT2D eigenvalue weighted by Gasteiger charge is -2.37. The lowest BCUT2D eigenvalue weighted by molar-refractivity contribution is -0.0126. The third-order valence-electron chi connectivity index (χ3n) is 4.35. The van der Waals surface area contributed by atoms with Gasteiger partial charge in [0.25, 0.3) is 0 Å². The van der Waals surface area contributed by atoms with Gasteiger partial charge < -0.3 is 4.74 Å². The smallest absolute Gasteiger partial charge is 0.209 e. The van der Waals surface area contributed by atoms with Crippen LogP contribution in [0, 0.1) is 5.41 Å². The zero-order chi connectivity index (χ0) is 13.1. The van der Waals surface area contributed by atoms with Gasteiger partial charge in [-0.05, 0) is 25.7 Å². The summed E-state index contributed by atoms with van der Waals surface area (Å²) >= 11 is 0. The van der Waals surface area contributed by atoms with Crippen LogP contribution in [-0.2, 0) is 14.8 Å². The third kappa shape index (κ3) is 4.21. The first-order valence-electron chi connectivity index (χ1n) is 7.11. The first-order chi connectivity index (χ1) is 8.49. The van der Waals surface area contributed by atoms with Crippen LogP contribution in [0.25, 0.3) is 0 Å². The van der Waals surface area contributed by atoms with Gasteiger partial charge in [0.1, 0.15) is 0 Å². The normalized spacial score (nSPS) is 25.4. The van der Waals surface area contributed by atoms with Crippen LogP contribution >= 0.6 is 0 Å². The largest absolute Gasteiger partial charge is 0.378 e. The Morgan fingerprint density at radius 3 is 2.22 bits per heavy atom. The Kier molecular flexibility index (Phi) is 4.67. The molecule has 2 aliphatic rings. The Morgan fingerprint density at radius 1 is 1.06 bits per heavy atom. The van der Waals surface area contributed by atoms with E-state index in [9.17, 15) is 8.42 Å². The van der Waals surface area contributed by atoms with Crippen molar-refractivity contribution < 1.29 is 13.2 Å². The monoisotopic (exact) mass is 275 g/mol. The minimum absolute atomic E-state index is 0.0900. The first-order valence-corrected chi connectivity index (χ1v) is 8.83. The van der Waals surface area contributed by atoms with E-state index in [1.165, 1.54) is 19.3 Å². The fourth-order valence-corrected chi connectivity index (χ4v) is 4.63. The van der Waals surface area contributed by atoms with Crippen LogP contribution in [0.5, 0.6) is 0 Å². The van der Waals surface area contributed by atoms with Gasteiger partial charge in [-0.25, -0.2) is 13.6 Å². The van der Waals surface area contributed by atoms with Crippen LogP contribution in [0.2, 0.25) is 0 Å². The zero-order valence-electron chi connectivity index (χ0n) is 11.1. The maximum Gasteiger partial charge on any atom is 0.209 e. The molecular formula is C13H25NO3S. The highest BCUT2D eigenvalue weighted by Crippen LogP contribution is 2.38. The van der Waals surface area contributed by atoms with Crippen LogP contribution in [0.15, 0.2) is 0 Å². The molecule has 0 amide bonds. The molecule has 4 nitrogen and oxygen atoms in total. The van der Waals surface area contributed by atoms with E-state index >= 15 is 0 Å². The Hall–Kier alpha value is -0.130. The van der Waals surface area contributed by atoms with Crippen molar-refractivity contribution in [2.24, 2.45) is 10.6 Å². The van der Waals surface area contributed by atoms with E-state index in [0.717, 1.165) is 38.5 Å². The van der Waals surface area contributed by atoms with Gasteiger partial charge in [0.2, 0.25) is 10.0 Å². The van der Waals surface area contributed by atoms with Crippen LogP contribution < -0.4 is 5.14 Å². The van der Waals surface area contributed by atoms with E-state index in [0.29, 0.717) is 12.7 Å². The predicted molar refractivity (Wildman–Crippen MR) is 71.7 cm³/mol. The van der Waals surface area contributed by atoms with Gasteiger partial charge >= 0.3 is 0 Å². The van der Waals surface area contributed by atoms with Crippen LogP contribution in [-0.4, -0.2) is 26.9 Å². The number of sulfonamides is 1. The molecule has 18 heavy (non-hydrogen) atoms. The number of ether oxygens (including phenoxy) is 1. The summed E-state index contributed by atoms with van der Waals surface area (Å²) in [6.07, 6.45) is 10.4. The number of nitrogens with two attached hydrogens (primary N) is 1. The molecule has 0 unspecified atom stereocenters. The second-order valence-corrected chi connectivity index (χ2v) is 7.70. The van der Waals surface area contributed by atoms with Gasteiger partial charge in [-0.15, -0.1) is 0 Å². The molecule has 0 bridgehead atoms. The SMILES string of the molecule is NS(=O)(=O)CC1(COC2CCCC2)CCCCC1. The van der Waals surface area contributed by atoms with Crippen molar-refractivity contribution in [2.45, 2.75) is 63.9 Å². The van der Waals surface area contributed by atoms with Crippen molar-refractivity contribution in [2.75, 3.05) is 12.4 Å². The Bertz CT molecular complexity index is 354. The molecule has 2 N–H and O–H groups in total.